The number of aromatic nitrogens is 8. The van der Waals surface area contributed by atoms with Crippen molar-refractivity contribution < 1.29 is 201 Å². The zero-order chi connectivity index (χ0) is 88.0. The number of ether oxygens (including phenoxy) is 4. The van der Waals surface area contributed by atoms with Crippen LogP contribution in [0.2, 0.25) is 0 Å². The molecule has 5 saturated heterocycles. The van der Waals surface area contributed by atoms with Gasteiger partial charge in [0.05, 0.1) is 48.7 Å². The predicted octanol–water partition coefficient (Wildman–Crippen LogP) is -1.76. The topological polar surface area (TPSA) is 753 Å². The van der Waals surface area contributed by atoms with E-state index in [2.05, 4.69) is 40.1 Å². The Bertz CT molecular complexity index is 4910. The van der Waals surface area contributed by atoms with E-state index < -0.39 is 277 Å². The summed E-state index contributed by atoms with van der Waals surface area (Å²) in [5, 5.41) is 88.9. The highest BCUT2D eigenvalue weighted by Crippen LogP contribution is 2.80. The highest BCUT2D eigenvalue weighted by atomic mass is 35.9. The van der Waals surface area contributed by atoms with E-state index in [1.165, 1.54) is 10.8 Å². The third-order valence-corrected chi connectivity index (χ3v) is 24.9. The van der Waals surface area contributed by atoms with Gasteiger partial charge in [0.15, 0.2) is 0 Å². The number of halogens is 11. The Morgan fingerprint density at radius 2 is 0.739 bits per heavy atom. The van der Waals surface area contributed by atoms with Gasteiger partial charge in [-0.3, -0.25) is 66.4 Å². The van der Waals surface area contributed by atoms with Gasteiger partial charge in [-0.1, -0.05) is 20.8 Å². The molecule has 0 radical (unpaired) electrons. The molecular formula is C47H66Cl2F9N8O42P7. The maximum Gasteiger partial charge on any atom is 0.492 e. The average Bonchev–Trinajstić information content (AvgIpc) is 1.77. The van der Waals surface area contributed by atoms with E-state index in [4.69, 9.17) is 71.0 Å². The fourth-order valence-electron chi connectivity index (χ4n) is 10.1. The molecule has 0 aromatic carbocycles. The van der Waals surface area contributed by atoms with E-state index in [1.807, 2.05) is 20.8 Å². The van der Waals surface area contributed by atoms with Gasteiger partial charge in [-0.05, 0) is 28.9 Å². The summed E-state index contributed by atoms with van der Waals surface area (Å²) in [5.74, 6) is 0. The normalized spacial score (nSPS) is 30.8. The largest absolute Gasteiger partial charge is 0.492 e. The van der Waals surface area contributed by atoms with Gasteiger partial charge in [0.2, 0.25) is 0 Å². The molecule has 0 aliphatic carbocycles. The molecule has 4 aromatic heterocycles. The van der Waals surface area contributed by atoms with Crippen molar-refractivity contribution in [2.75, 3.05) is 26.4 Å². The van der Waals surface area contributed by atoms with Crippen molar-refractivity contribution in [2.24, 2.45) is 0 Å². The number of phosphoric acid groups is 6. The van der Waals surface area contributed by atoms with Gasteiger partial charge in [-0.25, -0.2) is 46.6 Å². The fraction of sp³-hybridized carbons (Fsp3) is 0.660. The van der Waals surface area contributed by atoms with Gasteiger partial charge in [-0.2, -0.15) is 61.1 Å². The standard InChI is InChI=1S/C12H18N2O6.C11H12Cl2F3N2O7P.C11H16F3N2O15P3.C11H14F3N2O14P3.C2H6/c1-2-3-14-4-6(11(18)13-12(14)19)10-9(17)8(16)7(5-15)20-10;12-26(13,23)24-2-5-6(19)7(20)8(25-5)4-1-18(3-11(14,15)16)10(22)17-9(4)21;12-11(13,14)3-16-1-4(9(19)15-10(16)20)8-7(18)6(17)5(29-8)2-28-33(24,25)31-34(26,27)30-32(21,22)23;12-11(13,14)3-16-1-4(9(19)15-10(16)20)8-7(18)6(17)5(27-8)2-26-33(25)29-31(21,22)28-32(23,24)30-33;1-2/h4,7-10,15-17H,2-3,5H2,1H3,(H,13,18,19);1,5-8,19-20H,2-3H2,(H,17,21,22);1,5-8,17-18H,2-3H2,(H,24,25)(H,26,27)(H,15,19,20)(H2,21,22,23);1,5-8,17-18H,2-3H2,(H,21,22)(H,23,24)(H,15,19,20);1-2H3/t7-,8+,9?,10+;3*5-,6+,7?,8+;/m1111./s1. The number of aliphatic hydroxyl groups excluding tert-OH is 9. The second kappa shape index (κ2) is 39.4. The number of nitrogens with one attached hydrogen (secondary N) is 4. The third-order valence-electron chi connectivity index (χ3n) is 14.7. The van der Waals surface area contributed by atoms with Crippen molar-refractivity contribution in [1.29, 1.82) is 0 Å². The fourth-order valence-corrected chi connectivity index (χ4v) is 18.7. The third kappa shape index (κ3) is 29.2. The number of rotatable bonds is 23. The van der Waals surface area contributed by atoms with Crippen LogP contribution in [0.15, 0.2) is 63.1 Å². The number of H-pyrrole nitrogens is 4. The minimum Gasteiger partial charge on any atom is -0.394 e. The lowest BCUT2D eigenvalue weighted by molar-refractivity contribution is -0.142. The van der Waals surface area contributed by atoms with Crippen LogP contribution in [0.25, 0.3) is 0 Å². The van der Waals surface area contributed by atoms with E-state index in [0.29, 0.717) is 31.6 Å². The van der Waals surface area contributed by atoms with Gasteiger partial charge >= 0.3 is 94.3 Å². The zero-order valence-corrected chi connectivity index (χ0v) is 65.0. The van der Waals surface area contributed by atoms with Crippen molar-refractivity contribution in [3.63, 3.8) is 0 Å². The average molecular weight is 1870 g/mol. The molecule has 0 bridgehead atoms. The van der Waals surface area contributed by atoms with Crippen LogP contribution in [0.3, 0.4) is 0 Å². The first-order chi connectivity index (χ1) is 52.4. The molecule has 68 heteroatoms. The Morgan fingerprint density at radius 1 is 0.452 bits per heavy atom. The Hall–Kier alpha value is -4.80. The molecule has 19 N–H and O–H groups in total. The number of hydrogen-bond donors (Lipinski definition) is 19. The van der Waals surface area contributed by atoms with E-state index >= 15 is 0 Å². The van der Waals surface area contributed by atoms with Crippen LogP contribution in [0, 0.1) is 0 Å². The molecule has 115 heavy (non-hydrogen) atoms. The number of alkyl halides is 9. The number of nitrogens with zero attached hydrogens (tertiary/aromatic N) is 4. The zero-order valence-electron chi connectivity index (χ0n) is 57.2. The van der Waals surface area contributed by atoms with Crippen molar-refractivity contribution in [1.82, 2.24) is 38.2 Å². The predicted molar refractivity (Wildman–Crippen MR) is 352 cm³/mol. The summed E-state index contributed by atoms with van der Waals surface area (Å²) >= 11 is 10.3. The summed E-state index contributed by atoms with van der Waals surface area (Å²) in [5.41, 5.74) is -10.9. The molecular weight excluding hydrogens is 1810 g/mol. The lowest BCUT2D eigenvalue weighted by Crippen LogP contribution is -2.38. The Balaban J connectivity index is 0.000000276. The van der Waals surface area contributed by atoms with Crippen LogP contribution < -0.4 is 45.0 Å². The van der Waals surface area contributed by atoms with Gasteiger partial charge in [-0.15, -0.1) is 0 Å². The number of aromatic amines is 4. The highest BCUT2D eigenvalue weighted by molar-refractivity contribution is 8.05. The summed E-state index contributed by atoms with van der Waals surface area (Å²) in [4.78, 5) is 155. The minimum absolute atomic E-state index is 0.0403. The molecule has 658 valence electrons. The van der Waals surface area contributed by atoms with Gasteiger partial charge < -0.3 is 103 Å². The molecule has 20 atom stereocenters. The molecule has 9 heterocycles. The van der Waals surface area contributed by atoms with Crippen LogP contribution in [-0.4, -0.2) is 232 Å². The number of aryl methyl sites for hydroxylation is 1. The minimum atomic E-state index is -5.84. The van der Waals surface area contributed by atoms with Gasteiger partial charge in [0.25, 0.3) is 22.2 Å². The quantitative estimate of drug-likeness (QED) is 0.0289. The van der Waals surface area contributed by atoms with Gasteiger partial charge in [0, 0.05) is 31.3 Å². The molecule has 0 saturated carbocycles. The molecule has 5 aliphatic heterocycles. The first-order valence-electron chi connectivity index (χ1n) is 31.1. The second-order valence-electron chi connectivity index (χ2n) is 23.3. The van der Waals surface area contributed by atoms with Gasteiger partial charge in [0.1, 0.15) is 117 Å². The number of hydrogen-bond acceptors (Lipinski definition) is 36. The lowest BCUT2D eigenvalue weighted by atomic mass is 10.0. The second-order valence-corrected chi connectivity index (χ2v) is 37.0. The Morgan fingerprint density at radius 3 is 1.03 bits per heavy atom. The summed E-state index contributed by atoms with van der Waals surface area (Å²) in [6.07, 6.45) is -41.1. The molecule has 5 fully saturated rings. The smallest absolute Gasteiger partial charge is 0.394 e. The maximum absolute atomic E-state index is 12.6. The summed E-state index contributed by atoms with van der Waals surface area (Å²) < 4.78 is 247. The van der Waals surface area contributed by atoms with E-state index in [9.17, 15) is 156 Å². The van der Waals surface area contributed by atoms with Crippen LogP contribution >= 0.6 is 75.5 Å². The van der Waals surface area contributed by atoms with Crippen molar-refractivity contribution in [3.8, 4) is 0 Å². The van der Waals surface area contributed by atoms with Crippen LogP contribution in [-0.2, 0) is 112 Å². The monoisotopic (exact) mass is 1870 g/mol. The molecule has 8 unspecified atom stereocenters. The van der Waals surface area contributed by atoms with Crippen LogP contribution in [0.1, 0.15) is 73.9 Å². The summed E-state index contributed by atoms with van der Waals surface area (Å²) in [6, 6.07) is 0. The number of aliphatic hydroxyl groups is 9. The number of phosphoric ester groups is 1. The Kier molecular flexibility index (Phi) is 34.5. The summed E-state index contributed by atoms with van der Waals surface area (Å²) in [6.45, 7) is -2.44. The van der Waals surface area contributed by atoms with Crippen molar-refractivity contribution in [3.05, 3.63) is 130 Å². The molecule has 50 nitrogen and oxygen atoms in total. The maximum atomic E-state index is 12.6. The molecule has 0 spiro atoms. The van der Waals surface area contributed by atoms with Crippen molar-refractivity contribution >= 4 is 75.5 Å². The highest BCUT2D eigenvalue weighted by Gasteiger charge is 2.56. The summed E-state index contributed by atoms with van der Waals surface area (Å²) in [7, 11) is -33.1. The van der Waals surface area contributed by atoms with Crippen LogP contribution in [0.5, 0.6) is 0 Å². The molecule has 4 aromatic rings. The van der Waals surface area contributed by atoms with E-state index in [-0.39, 0.29) is 19.3 Å². The van der Waals surface area contributed by atoms with E-state index in [0.717, 1.165) is 0 Å². The van der Waals surface area contributed by atoms with Crippen LogP contribution in [0.4, 0.5) is 39.5 Å². The molecule has 9 rings (SSSR count). The van der Waals surface area contributed by atoms with Crippen molar-refractivity contribution in [2.45, 2.75) is 170 Å². The first kappa shape index (κ1) is 101. The molecule has 0 amide bonds. The van der Waals surface area contributed by atoms with E-state index in [1.54, 1.807) is 15.0 Å². The lowest BCUT2D eigenvalue weighted by Gasteiger charge is -2.27. The Labute approximate surface area is 638 Å². The molecule has 5 aliphatic rings. The SMILES string of the molecule is CC.CCCn1cc([C@@H]2O[C@H](CO)[C@H](O)C2O)c(=O)[nH]c1=O.O=c1[nH]c(=O)n(CC(F)(F)F)cc1[C@@H]1O[C@H](COP(=O)(Cl)Cl)[C@H](O)C1O.O=c1[nH]c(=O)n(CC(F)(F)F)cc1[C@@H]1O[C@H](COP(=O)(O)OP(=O)(O)OP(=O)(O)O)[C@H](O)C1O.O=c1[nH]c(=O)n(CC(F)(F)F)cc1[C@@H]1O[C@H](COP2(=O)OP(=O)(O)OP(=O)(O)O2)[C@H](O)C1O. The first-order valence-corrected chi connectivity index (χ1v) is 43.5.